The number of imidazole rings is 1. The number of aryl methyl sites for hydroxylation is 2. The van der Waals surface area contributed by atoms with Crippen LogP contribution in [0.1, 0.15) is 31.5 Å². The van der Waals surface area contributed by atoms with E-state index in [-0.39, 0.29) is 5.03 Å². The Balaban J connectivity index is 2.01. The summed E-state index contributed by atoms with van der Waals surface area (Å²) in [4.78, 5) is 4.07. The zero-order chi connectivity index (χ0) is 14.8. The second-order valence-corrected chi connectivity index (χ2v) is 7.34. The summed E-state index contributed by atoms with van der Waals surface area (Å²) in [6.07, 6.45) is 6.05. The van der Waals surface area contributed by atoms with Crippen LogP contribution in [0.4, 0.5) is 0 Å². The van der Waals surface area contributed by atoms with Crippen molar-refractivity contribution in [1.29, 1.82) is 0 Å². The van der Waals surface area contributed by atoms with Crippen LogP contribution in [-0.4, -0.2) is 31.1 Å². The molecule has 1 aromatic heterocycles. The lowest BCUT2D eigenvalue weighted by Gasteiger charge is -2.30. The highest BCUT2D eigenvalue weighted by Gasteiger charge is 2.26. The first kappa shape index (κ1) is 15.5. The lowest BCUT2D eigenvalue weighted by atomic mass is 9.79. The first-order valence-corrected chi connectivity index (χ1v) is 8.62. The average molecular weight is 300 g/mol. The van der Waals surface area contributed by atoms with Crippen molar-refractivity contribution >= 4 is 10.0 Å². The molecule has 2 atom stereocenters. The van der Waals surface area contributed by atoms with Gasteiger partial charge < -0.3 is 10.3 Å². The van der Waals surface area contributed by atoms with Crippen molar-refractivity contribution in [2.45, 2.75) is 37.6 Å². The lowest BCUT2D eigenvalue weighted by molar-refractivity contribution is 0.244. The molecule has 7 heteroatoms. The SMILES string of the molecule is Cc1nc(S(=O)(=O)NCC2CCCCC2CN)cn1C. The third-order valence-electron chi connectivity index (χ3n) is 4.27. The summed E-state index contributed by atoms with van der Waals surface area (Å²) < 4.78 is 28.8. The fourth-order valence-electron chi connectivity index (χ4n) is 2.81. The van der Waals surface area contributed by atoms with Crippen molar-refractivity contribution in [2.24, 2.45) is 24.6 Å². The van der Waals surface area contributed by atoms with Crippen LogP contribution >= 0.6 is 0 Å². The summed E-state index contributed by atoms with van der Waals surface area (Å²) in [6, 6.07) is 0. The van der Waals surface area contributed by atoms with Gasteiger partial charge in [0.05, 0.1) is 0 Å². The maximum Gasteiger partial charge on any atom is 0.259 e. The van der Waals surface area contributed by atoms with E-state index in [1.165, 1.54) is 6.42 Å². The largest absolute Gasteiger partial charge is 0.337 e. The number of rotatable bonds is 5. The predicted octanol–water partition coefficient (Wildman–Crippen LogP) is 0.772. The first-order chi connectivity index (χ1) is 9.44. The molecule has 1 saturated carbocycles. The number of sulfonamides is 1. The van der Waals surface area contributed by atoms with E-state index >= 15 is 0 Å². The van der Waals surface area contributed by atoms with Crippen LogP contribution in [0.5, 0.6) is 0 Å². The van der Waals surface area contributed by atoms with Crippen LogP contribution < -0.4 is 10.5 Å². The Kier molecular flexibility index (Phi) is 4.82. The summed E-state index contributed by atoms with van der Waals surface area (Å²) >= 11 is 0. The van der Waals surface area contributed by atoms with Crippen molar-refractivity contribution in [1.82, 2.24) is 14.3 Å². The Hall–Kier alpha value is -0.920. The predicted molar refractivity (Wildman–Crippen MR) is 77.6 cm³/mol. The summed E-state index contributed by atoms with van der Waals surface area (Å²) in [6.45, 7) is 2.87. The van der Waals surface area contributed by atoms with Crippen molar-refractivity contribution in [3.63, 3.8) is 0 Å². The normalized spacial score (nSPS) is 23.9. The molecule has 6 nitrogen and oxygen atoms in total. The number of nitrogens with one attached hydrogen (secondary N) is 1. The van der Waals surface area contributed by atoms with E-state index in [9.17, 15) is 8.42 Å². The van der Waals surface area contributed by atoms with E-state index in [4.69, 9.17) is 5.73 Å². The average Bonchev–Trinajstić information content (AvgIpc) is 2.78. The fourth-order valence-corrected chi connectivity index (χ4v) is 3.94. The first-order valence-electron chi connectivity index (χ1n) is 7.13. The van der Waals surface area contributed by atoms with E-state index < -0.39 is 10.0 Å². The minimum absolute atomic E-state index is 0.0950. The minimum Gasteiger partial charge on any atom is -0.337 e. The maximum atomic E-state index is 12.2. The van der Waals surface area contributed by atoms with Crippen LogP contribution in [0.15, 0.2) is 11.2 Å². The van der Waals surface area contributed by atoms with Gasteiger partial charge in [-0.3, -0.25) is 0 Å². The van der Waals surface area contributed by atoms with Gasteiger partial charge in [-0.15, -0.1) is 0 Å². The molecular weight excluding hydrogens is 276 g/mol. The molecule has 1 heterocycles. The molecule has 0 aromatic carbocycles. The molecule has 1 aliphatic carbocycles. The number of nitrogens with two attached hydrogens (primary N) is 1. The van der Waals surface area contributed by atoms with Gasteiger partial charge in [-0.05, 0) is 38.1 Å². The lowest BCUT2D eigenvalue weighted by Crippen LogP contribution is -2.37. The number of aromatic nitrogens is 2. The second-order valence-electron chi connectivity index (χ2n) is 5.63. The van der Waals surface area contributed by atoms with Crippen molar-refractivity contribution in [2.75, 3.05) is 13.1 Å². The minimum atomic E-state index is -3.52. The second kappa shape index (κ2) is 6.24. The molecule has 1 aliphatic rings. The van der Waals surface area contributed by atoms with E-state index in [2.05, 4.69) is 9.71 Å². The zero-order valence-corrected chi connectivity index (χ0v) is 13.0. The van der Waals surface area contributed by atoms with Gasteiger partial charge in [0, 0.05) is 19.8 Å². The monoisotopic (exact) mass is 300 g/mol. The summed E-state index contributed by atoms with van der Waals surface area (Å²) in [7, 11) is -1.73. The Morgan fingerprint density at radius 1 is 1.40 bits per heavy atom. The van der Waals surface area contributed by atoms with Gasteiger partial charge in [0.25, 0.3) is 10.0 Å². The standard InChI is InChI=1S/C13H24N4O2S/c1-10-16-13(9-17(10)2)20(18,19)15-8-12-6-4-3-5-11(12)7-14/h9,11-12,15H,3-8,14H2,1-2H3. The van der Waals surface area contributed by atoms with Crippen molar-refractivity contribution < 1.29 is 8.42 Å². The van der Waals surface area contributed by atoms with E-state index in [1.54, 1.807) is 24.7 Å². The molecule has 1 aromatic rings. The molecule has 0 spiro atoms. The molecule has 2 rings (SSSR count). The zero-order valence-electron chi connectivity index (χ0n) is 12.2. The third-order valence-corrected chi connectivity index (χ3v) is 5.56. The highest BCUT2D eigenvalue weighted by atomic mass is 32.2. The molecule has 0 amide bonds. The maximum absolute atomic E-state index is 12.2. The fraction of sp³-hybridized carbons (Fsp3) is 0.769. The molecule has 20 heavy (non-hydrogen) atoms. The highest BCUT2D eigenvalue weighted by molar-refractivity contribution is 7.89. The van der Waals surface area contributed by atoms with Gasteiger partial charge >= 0.3 is 0 Å². The topological polar surface area (TPSA) is 90.0 Å². The highest BCUT2D eigenvalue weighted by Crippen LogP contribution is 2.29. The van der Waals surface area contributed by atoms with Crippen LogP contribution in [0.2, 0.25) is 0 Å². The van der Waals surface area contributed by atoms with Crippen molar-refractivity contribution in [3.8, 4) is 0 Å². The Labute approximate surface area is 120 Å². The number of hydrogen-bond donors (Lipinski definition) is 2. The van der Waals surface area contributed by atoms with Gasteiger partial charge in [0.15, 0.2) is 5.03 Å². The van der Waals surface area contributed by atoms with Gasteiger partial charge in [0.2, 0.25) is 0 Å². The smallest absolute Gasteiger partial charge is 0.259 e. The molecule has 114 valence electrons. The number of nitrogens with zero attached hydrogens (tertiary/aromatic N) is 2. The van der Waals surface area contributed by atoms with E-state index in [0.29, 0.717) is 30.7 Å². The van der Waals surface area contributed by atoms with Crippen molar-refractivity contribution in [3.05, 3.63) is 12.0 Å². The van der Waals surface area contributed by atoms with Gasteiger partial charge in [-0.25, -0.2) is 18.1 Å². The van der Waals surface area contributed by atoms with E-state index in [0.717, 1.165) is 19.3 Å². The molecule has 0 radical (unpaired) electrons. The number of hydrogen-bond acceptors (Lipinski definition) is 4. The van der Waals surface area contributed by atoms with Gasteiger partial charge in [-0.2, -0.15) is 0 Å². The molecule has 0 bridgehead atoms. The Bertz CT molecular complexity index is 533. The van der Waals surface area contributed by atoms with Crippen LogP contribution in [-0.2, 0) is 17.1 Å². The summed E-state index contributed by atoms with van der Waals surface area (Å²) in [5, 5.41) is 0.0950. The quantitative estimate of drug-likeness (QED) is 0.840. The molecule has 1 fully saturated rings. The van der Waals surface area contributed by atoms with Crippen LogP contribution in [0.25, 0.3) is 0 Å². The van der Waals surface area contributed by atoms with E-state index in [1.807, 2.05) is 0 Å². The summed E-state index contributed by atoms with van der Waals surface area (Å²) in [5.41, 5.74) is 5.77. The Morgan fingerprint density at radius 2 is 2.05 bits per heavy atom. The third kappa shape index (κ3) is 3.39. The molecular formula is C13H24N4O2S. The Morgan fingerprint density at radius 3 is 2.60 bits per heavy atom. The molecule has 0 aliphatic heterocycles. The molecule has 2 unspecified atom stereocenters. The van der Waals surface area contributed by atoms with Gasteiger partial charge in [-0.1, -0.05) is 12.8 Å². The summed E-state index contributed by atoms with van der Waals surface area (Å²) in [5.74, 6) is 1.45. The van der Waals surface area contributed by atoms with Gasteiger partial charge in [0.1, 0.15) is 5.82 Å². The molecule has 3 N–H and O–H groups in total. The molecule has 0 saturated heterocycles. The van der Waals surface area contributed by atoms with Crippen LogP contribution in [0, 0.1) is 18.8 Å². The van der Waals surface area contributed by atoms with Crippen LogP contribution in [0.3, 0.4) is 0 Å².